The van der Waals surface area contributed by atoms with Crippen molar-refractivity contribution in [3.63, 3.8) is 0 Å². The maximum Gasteiger partial charge on any atom is 0.248 e. The lowest BCUT2D eigenvalue weighted by molar-refractivity contribution is -0.115. The molecule has 0 amide bonds. The molecule has 0 aliphatic heterocycles. The smallest absolute Gasteiger partial charge is 0.248 e. The van der Waals surface area contributed by atoms with Crippen LogP contribution in [0.25, 0.3) is 0 Å². The zero-order chi connectivity index (χ0) is 9.90. The summed E-state index contributed by atoms with van der Waals surface area (Å²) in [7, 11) is 0. The Balaban J connectivity index is 2.60. The van der Waals surface area contributed by atoms with Crippen LogP contribution in [0.1, 0.15) is 39.0 Å². The molecule has 0 heterocycles. The third kappa shape index (κ3) is 2.75. The number of carbonyl (C=O) groups excluding carboxylic acids is 1. The summed E-state index contributed by atoms with van der Waals surface area (Å²) in [6, 6.07) is 0. The largest absolute Gasteiger partial charge is 0.303 e. The third-order valence-electron chi connectivity index (χ3n) is 2.97. The highest BCUT2D eigenvalue weighted by molar-refractivity contribution is 5.50. The Morgan fingerprint density at radius 3 is 2.38 bits per heavy atom. The molecule has 0 aromatic carbocycles. The zero-order valence-corrected chi connectivity index (χ0v) is 7.93. The lowest BCUT2D eigenvalue weighted by Crippen LogP contribution is -2.30. The van der Waals surface area contributed by atoms with Gasteiger partial charge in [0, 0.05) is 12.3 Å². The van der Waals surface area contributed by atoms with Crippen molar-refractivity contribution in [2.75, 3.05) is 0 Å². The Kier molecular flexibility index (Phi) is 3.40. The van der Waals surface area contributed by atoms with E-state index in [1.54, 1.807) is 0 Å². The quantitative estimate of drug-likeness (QED) is 0.623. The highest BCUT2D eigenvalue weighted by Crippen LogP contribution is 2.40. The molecule has 0 saturated heterocycles. The van der Waals surface area contributed by atoms with Crippen LogP contribution in [0, 0.1) is 11.8 Å². The molecule has 0 radical (unpaired) electrons. The van der Waals surface area contributed by atoms with E-state index >= 15 is 0 Å². The summed E-state index contributed by atoms with van der Waals surface area (Å²) in [5.41, 5.74) is 0. The Hall–Kier alpha value is -0.470. The van der Waals surface area contributed by atoms with E-state index in [0.717, 1.165) is 32.6 Å². The molecule has 0 bridgehead atoms. The second-order valence-corrected chi connectivity index (χ2v) is 4.01. The van der Waals surface area contributed by atoms with Crippen molar-refractivity contribution in [3.05, 3.63) is 0 Å². The summed E-state index contributed by atoms with van der Waals surface area (Å²) in [5, 5.41) is 0. The minimum absolute atomic E-state index is 0.00810. The molecule has 1 fully saturated rings. The molecule has 0 aromatic heterocycles. The van der Waals surface area contributed by atoms with Gasteiger partial charge in [-0.25, -0.2) is 8.78 Å². The predicted molar refractivity (Wildman–Crippen MR) is 46.8 cm³/mol. The summed E-state index contributed by atoms with van der Waals surface area (Å²) in [6.45, 7) is 0.930. The van der Waals surface area contributed by atoms with Crippen LogP contribution in [0.3, 0.4) is 0 Å². The minimum Gasteiger partial charge on any atom is -0.303 e. The van der Waals surface area contributed by atoms with Crippen LogP contribution in [0.15, 0.2) is 0 Å². The van der Waals surface area contributed by atoms with E-state index < -0.39 is 11.8 Å². The van der Waals surface area contributed by atoms with Crippen LogP contribution in [0.5, 0.6) is 0 Å². The molecule has 1 atom stereocenters. The number of rotatable bonds is 4. The monoisotopic (exact) mass is 190 g/mol. The molecular formula is C10H16F2O. The second kappa shape index (κ2) is 4.16. The van der Waals surface area contributed by atoms with Gasteiger partial charge in [0.25, 0.3) is 0 Å². The van der Waals surface area contributed by atoms with Crippen molar-refractivity contribution < 1.29 is 13.6 Å². The Morgan fingerprint density at radius 2 is 2.00 bits per heavy atom. The fourth-order valence-corrected chi connectivity index (χ4v) is 2.28. The van der Waals surface area contributed by atoms with Crippen LogP contribution < -0.4 is 0 Å². The lowest BCUT2D eigenvalue weighted by Gasteiger charge is -2.27. The van der Waals surface area contributed by atoms with Crippen molar-refractivity contribution in [1.29, 1.82) is 0 Å². The highest BCUT2D eigenvalue weighted by atomic mass is 19.3. The molecule has 0 spiro atoms. The van der Waals surface area contributed by atoms with E-state index in [0.29, 0.717) is 6.29 Å². The molecule has 13 heavy (non-hydrogen) atoms. The second-order valence-electron chi connectivity index (χ2n) is 4.01. The fourth-order valence-electron chi connectivity index (χ4n) is 2.28. The van der Waals surface area contributed by atoms with Crippen LogP contribution in [-0.4, -0.2) is 12.2 Å². The maximum absolute atomic E-state index is 13.1. The molecule has 1 rings (SSSR count). The number of halogens is 2. The molecule has 76 valence electrons. The van der Waals surface area contributed by atoms with E-state index in [1.165, 1.54) is 0 Å². The van der Waals surface area contributed by atoms with Crippen LogP contribution in [0.4, 0.5) is 8.78 Å². The van der Waals surface area contributed by atoms with Gasteiger partial charge in [-0.3, -0.25) is 0 Å². The molecule has 3 heteroatoms. The van der Waals surface area contributed by atoms with Gasteiger partial charge in [0.2, 0.25) is 5.92 Å². The van der Waals surface area contributed by atoms with Gasteiger partial charge in [0.15, 0.2) is 0 Å². The first-order valence-electron chi connectivity index (χ1n) is 4.87. The van der Waals surface area contributed by atoms with Gasteiger partial charge in [0.1, 0.15) is 6.29 Å². The summed E-state index contributed by atoms with van der Waals surface area (Å²) in [5.74, 6) is -3.37. The van der Waals surface area contributed by atoms with Crippen LogP contribution in [0.2, 0.25) is 0 Å². The average Bonchev–Trinajstić information content (AvgIpc) is 2.49. The average molecular weight is 190 g/mol. The van der Waals surface area contributed by atoms with Crippen molar-refractivity contribution in [2.24, 2.45) is 11.8 Å². The van der Waals surface area contributed by atoms with Gasteiger partial charge in [-0.15, -0.1) is 0 Å². The molecule has 1 saturated carbocycles. The molecule has 1 aliphatic rings. The first kappa shape index (κ1) is 10.6. The van der Waals surface area contributed by atoms with Crippen molar-refractivity contribution in [3.8, 4) is 0 Å². The summed E-state index contributed by atoms with van der Waals surface area (Å²) in [4.78, 5) is 10.3. The standard InChI is InChI=1S/C10H16F2O/c1-10(11,12)9(6-7-13)8-4-2-3-5-8/h7-9H,2-6H2,1H3. The SMILES string of the molecule is CC(F)(F)C(CC=O)C1CCCC1. The first-order valence-corrected chi connectivity index (χ1v) is 4.87. The van der Waals surface area contributed by atoms with E-state index in [9.17, 15) is 13.6 Å². The molecular weight excluding hydrogens is 174 g/mol. The third-order valence-corrected chi connectivity index (χ3v) is 2.97. The predicted octanol–water partition coefficient (Wildman–Crippen LogP) is 3.04. The number of hydrogen-bond acceptors (Lipinski definition) is 1. The minimum atomic E-state index is -2.70. The molecule has 0 aromatic rings. The van der Waals surface area contributed by atoms with Gasteiger partial charge in [0.05, 0.1) is 0 Å². The lowest BCUT2D eigenvalue weighted by atomic mass is 9.84. The van der Waals surface area contributed by atoms with Crippen molar-refractivity contribution in [1.82, 2.24) is 0 Å². The topological polar surface area (TPSA) is 17.1 Å². The van der Waals surface area contributed by atoms with E-state index in [2.05, 4.69) is 0 Å². The zero-order valence-electron chi connectivity index (χ0n) is 7.93. The fraction of sp³-hybridized carbons (Fsp3) is 0.900. The Morgan fingerprint density at radius 1 is 1.46 bits per heavy atom. The number of hydrogen-bond donors (Lipinski definition) is 0. The van der Waals surface area contributed by atoms with Gasteiger partial charge in [-0.2, -0.15) is 0 Å². The van der Waals surface area contributed by atoms with E-state index in [4.69, 9.17) is 0 Å². The highest BCUT2D eigenvalue weighted by Gasteiger charge is 2.40. The van der Waals surface area contributed by atoms with Crippen LogP contribution in [-0.2, 0) is 4.79 Å². The van der Waals surface area contributed by atoms with Gasteiger partial charge in [-0.05, 0) is 25.7 Å². The number of aldehydes is 1. The van der Waals surface area contributed by atoms with Gasteiger partial charge >= 0.3 is 0 Å². The summed E-state index contributed by atoms with van der Waals surface area (Å²) >= 11 is 0. The first-order chi connectivity index (χ1) is 6.05. The number of carbonyl (C=O) groups is 1. The van der Waals surface area contributed by atoms with Crippen molar-refractivity contribution >= 4 is 6.29 Å². The van der Waals surface area contributed by atoms with Gasteiger partial charge in [-0.1, -0.05) is 12.8 Å². The summed E-state index contributed by atoms with van der Waals surface area (Å²) in [6.07, 6.45) is 4.44. The van der Waals surface area contributed by atoms with E-state index in [1.807, 2.05) is 0 Å². The van der Waals surface area contributed by atoms with E-state index in [-0.39, 0.29) is 12.3 Å². The molecule has 0 N–H and O–H groups in total. The Labute approximate surface area is 77.5 Å². The molecule has 1 aliphatic carbocycles. The maximum atomic E-state index is 13.1. The Bertz CT molecular complexity index is 168. The van der Waals surface area contributed by atoms with Crippen LogP contribution >= 0.6 is 0 Å². The normalized spacial score (nSPS) is 21.8. The number of alkyl halides is 2. The summed E-state index contributed by atoms with van der Waals surface area (Å²) < 4.78 is 26.1. The van der Waals surface area contributed by atoms with Gasteiger partial charge < -0.3 is 4.79 Å². The molecule has 1 nitrogen and oxygen atoms in total. The van der Waals surface area contributed by atoms with Crippen molar-refractivity contribution in [2.45, 2.75) is 45.0 Å². The molecule has 1 unspecified atom stereocenters.